The Hall–Kier alpha value is -1.61. The summed E-state index contributed by atoms with van der Waals surface area (Å²) in [6.07, 6.45) is -1.03. The van der Waals surface area contributed by atoms with E-state index in [1.54, 1.807) is 13.8 Å². The molecule has 0 aromatic heterocycles. The van der Waals surface area contributed by atoms with E-state index in [1.165, 1.54) is 0 Å². The van der Waals surface area contributed by atoms with Crippen molar-refractivity contribution in [1.29, 1.82) is 0 Å². The van der Waals surface area contributed by atoms with Gasteiger partial charge in [0.25, 0.3) is 0 Å². The molecule has 0 amide bonds. The fourth-order valence-corrected chi connectivity index (χ4v) is 2.16. The number of hydrogen-bond donors (Lipinski definition) is 1. The Labute approximate surface area is 101 Å². The first-order chi connectivity index (χ1) is 8.02. The summed E-state index contributed by atoms with van der Waals surface area (Å²) in [4.78, 5) is 11.9. The molecule has 1 aromatic rings. The quantitative estimate of drug-likeness (QED) is 0.796. The number of benzene rings is 1. The highest BCUT2D eigenvalue weighted by Gasteiger charge is 2.40. The largest absolute Gasteiger partial charge is 0.462 e. The third kappa shape index (κ3) is 1.98. The number of esters is 1. The van der Waals surface area contributed by atoms with E-state index in [0.717, 1.165) is 11.1 Å². The summed E-state index contributed by atoms with van der Waals surface area (Å²) < 4.78 is 5.15. The highest BCUT2D eigenvalue weighted by Crippen LogP contribution is 2.44. The van der Waals surface area contributed by atoms with Gasteiger partial charge in [-0.05, 0) is 30.5 Å². The first-order valence-electron chi connectivity index (χ1n) is 5.69. The predicted octanol–water partition coefficient (Wildman–Crippen LogP) is 2.31. The van der Waals surface area contributed by atoms with E-state index >= 15 is 0 Å². The van der Waals surface area contributed by atoms with Crippen LogP contribution >= 0.6 is 0 Å². The van der Waals surface area contributed by atoms with E-state index in [2.05, 4.69) is 6.58 Å². The van der Waals surface area contributed by atoms with Gasteiger partial charge in [0.2, 0.25) is 0 Å². The van der Waals surface area contributed by atoms with E-state index in [1.807, 2.05) is 24.3 Å². The second-order valence-corrected chi connectivity index (χ2v) is 4.52. The highest BCUT2D eigenvalue weighted by atomic mass is 16.5. The zero-order valence-corrected chi connectivity index (χ0v) is 10.0. The lowest BCUT2D eigenvalue weighted by Crippen LogP contribution is -2.23. The number of fused-ring (bicyclic) bond motifs is 1. The fourth-order valence-electron chi connectivity index (χ4n) is 2.16. The van der Waals surface area contributed by atoms with E-state index in [-0.39, 0.29) is 6.10 Å². The van der Waals surface area contributed by atoms with Crippen molar-refractivity contribution in [3.05, 3.63) is 42.0 Å². The minimum absolute atomic E-state index is 0.189. The van der Waals surface area contributed by atoms with Gasteiger partial charge in [-0.1, -0.05) is 30.8 Å². The fraction of sp³-hybridized carbons (Fsp3) is 0.357. The SMILES string of the molecule is C=C1c2ccccc2[C@@H](O)[C@H]1C(=O)OC(C)C. The van der Waals surface area contributed by atoms with Gasteiger partial charge in [0.05, 0.1) is 12.2 Å². The van der Waals surface area contributed by atoms with E-state index in [4.69, 9.17) is 4.74 Å². The number of hydrogen-bond acceptors (Lipinski definition) is 3. The zero-order valence-electron chi connectivity index (χ0n) is 10.0. The van der Waals surface area contributed by atoms with Crippen molar-refractivity contribution >= 4 is 11.5 Å². The number of aliphatic hydroxyl groups is 1. The molecule has 0 spiro atoms. The molecule has 0 saturated heterocycles. The standard InChI is InChI=1S/C14H16O3/c1-8(2)17-14(16)12-9(3)10-6-4-5-7-11(10)13(12)15/h4-8,12-13,15H,3H2,1-2H3/t12-,13+/m0/s1. The second kappa shape index (κ2) is 4.34. The average Bonchev–Trinajstić information content (AvgIpc) is 2.51. The minimum atomic E-state index is -0.843. The molecular formula is C14H16O3. The number of aliphatic hydroxyl groups excluding tert-OH is 1. The van der Waals surface area contributed by atoms with Crippen LogP contribution in [0.2, 0.25) is 0 Å². The lowest BCUT2D eigenvalue weighted by atomic mass is 10.00. The zero-order chi connectivity index (χ0) is 12.6. The van der Waals surface area contributed by atoms with Crippen LogP contribution in [0, 0.1) is 5.92 Å². The summed E-state index contributed by atoms with van der Waals surface area (Å²) in [5, 5.41) is 10.1. The van der Waals surface area contributed by atoms with Crippen molar-refractivity contribution in [3.63, 3.8) is 0 Å². The smallest absolute Gasteiger partial charge is 0.316 e. The van der Waals surface area contributed by atoms with Gasteiger partial charge < -0.3 is 9.84 Å². The van der Waals surface area contributed by atoms with E-state index in [0.29, 0.717) is 5.57 Å². The molecule has 1 aromatic carbocycles. The average molecular weight is 232 g/mol. The normalized spacial score (nSPS) is 22.7. The molecule has 1 aliphatic rings. The van der Waals surface area contributed by atoms with Crippen molar-refractivity contribution in [1.82, 2.24) is 0 Å². The molecular weight excluding hydrogens is 216 g/mol. The minimum Gasteiger partial charge on any atom is -0.462 e. The van der Waals surface area contributed by atoms with Crippen molar-refractivity contribution in [3.8, 4) is 0 Å². The number of carbonyl (C=O) groups excluding carboxylic acids is 1. The van der Waals surface area contributed by atoms with Gasteiger partial charge >= 0.3 is 5.97 Å². The van der Waals surface area contributed by atoms with Crippen LogP contribution in [-0.4, -0.2) is 17.2 Å². The van der Waals surface area contributed by atoms with Gasteiger partial charge in [-0.2, -0.15) is 0 Å². The third-order valence-electron chi connectivity index (χ3n) is 2.92. The number of ether oxygens (including phenoxy) is 1. The van der Waals surface area contributed by atoms with E-state index in [9.17, 15) is 9.90 Å². The molecule has 2 atom stereocenters. The molecule has 1 aliphatic carbocycles. The monoisotopic (exact) mass is 232 g/mol. The van der Waals surface area contributed by atoms with Gasteiger partial charge in [0.15, 0.2) is 0 Å². The molecule has 2 rings (SSSR count). The molecule has 0 heterocycles. The molecule has 1 N–H and O–H groups in total. The van der Waals surface area contributed by atoms with Crippen molar-refractivity contribution < 1.29 is 14.6 Å². The Balaban J connectivity index is 2.30. The maximum atomic E-state index is 11.9. The Morgan fingerprint density at radius 3 is 2.65 bits per heavy atom. The molecule has 90 valence electrons. The van der Waals surface area contributed by atoms with Crippen molar-refractivity contribution in [2.45, 2.75) is 26.1 Å². The Kier molecular flexibility index (Phi) is 3.03. The molecule has 17 heavy (non-hydrogen) atoms. The second-order valence-electron chi connectivity index (χ2n) is 4.52. The summed E-state index contributed by atoms with van der Waals surface area (Å²) in [5.74, 6) is -1.08. The molecule has 0 unspecified atom stereocenters. The first kappa shape index (κ1) is 11.9. The lowest BCUT2D eigenvalue weighted by molar-refractivity contribution is -0.153. The van der Waals surface area contributed by atoms with Crippen LogP contribution < -0.4 is 0 Å². The number of carbonyl (C=O) groups is 1. The van der Waals surface area contributed by atoms with Gasteiger partial charge in [-0.15, -0.1) is 0 Å². The first-order valence-corrected chi connectivity index (χ1v) is 5.69. The lowest BCUT2D eigenvalue weighted by Gasteiger charge is -2.17. The van der Waals surface area contributed by atoms with Crippen molar-refractivity contribution in [2.24, 2.45) is 5.92 Å². The summed E-state index contributed by atoms with van der Waals surface area (Å²) >= 11 is 0. The predicted molar refractivity (Wildman–Crippen MR) is 65.2 cm³/mol. The maximum absolute atomic E-state index is 11.9. The van der Waals surface area contributed by atoms with Crippen LogP contribution in [-0.2, 0) is 9.53 Å². The van der Waals surface area contributed by atoms with E-state index < -0.39 is 18.0 Å². The summed E-state index contributed by atoms with van der Waals surface area (Å²) in [6.45, 7) is 7.47. The number of rotatable bonds is 2. The van der Waals surface area contributed by atoms with Gasteiger partial charge in [-0.25, -0.2) is 0 Å². The van der Waals surface area contributed by atoms with Crippen molar-refractivity contribution in [2.75, 3.05) is 0 Å². The summed E-state index contributed by atoms with van der Waals surface area (Å²) in [6, 6.07) is 7.38. The molecule has 0 bridgehead atoms. The van der Waals surface area contributed by atoms with Crippen LogP contribution in [0.1, 0.15) is 31.1 Å². The van der Waals surface area contributed by atoms with Crippen LogP contribution in [0.15, 0.2) is 30.8 Å². The molecule has 0 fully saturated rings. The van der Waals surface area contributed by atoms with Crippen LogP contribution in [0.25, 0.3) is 5.57 Å². The molecule has 0 radical (unpaired) electrons. The summed E-state index contributed by atoms with van der Waals surface area (Å²) in [5.41, 5.74) is 2.24. The molecule has 0 aliphatic heterocycles. The Morgan fingerprint density at radius 2 is 2.06 bits per heavy atom. The molecule has 3 nitrogen and oxygen atoms in total. The third-order valence-corrected chi connectivity index (χ3v) is 2.92. The maximum Gasteiger partial charge on any atom is 0.316 e. The molecule has 0 saturated carbocycles. The van der Waals surface area contributed by atoms with Crippen LogP contribution in [0.4, 0.5) is 0 Å². The summed E-state index contributed by atoms with van der Waals surface area (Å²) in [7, 11) is 0. The highest BCUT2D eigenvalue weighted by molar-refractivity contribution is 5.92. The van der Waals surface area contributed by atoms with Crippen LogP contribution in [0.5, 0.6) is 0 Å². The molecule has 3 heteroatoms. The van der Waals surface area contributed by atoms with Gasteiger partial charge in [-0.3, -0.25) is 4.79 Å². The van der Waals surface area contributed by atoms with Gasteiger partial charge in [0, 0.05) is 0 Å². The van der Waals surface area contributed by atoms with Crippen LogP contribution in [0.3, 0.4) is 0 Å². The van der Waals surface area contributed by atoms with Gasteiger partial charge in [0.1, 0.15) is 5.92 Å². The topological polar surface area (TPSA) is 46.5 Å². The Morgan fingerprint density at radius 1 is 1.41 bits per heavy atom. The Bertz CT molecular complexity index is 462.